The fourth-order valence-corrected chi connectivity index (χ4v) is 0. The molecule has 0 aromatic heterocycles. The zero-order valence-corrected chi connectivity index (χ0v) is 10.9. The van der Waals surface area contributed by atoms with Gasteiger partial charge in [0.15, 0.2) is 0 Å². The summed E-state index contributed by atoms with van der Waals surface area (Å²) >= 11 is 0. The Labute approximate surface area is 69.3 Å². The molecule has 0 bridgehead atoms. The van der Waals surface area contributed by atoms with E-state index in [2.05, 4.69) is 0 Å². The average molecular weight is 286 g/mol. The van der Waals surface area contributed by atoms with Crippen molar-refractivity contribution in [2.45, 2.75) is 0 Å². The van der Waals surface area contributed by atoms with Crippen LogP contribution in [-0.2, 0) is 0 Å². The zero-order valence-electron chi connectivity index (χ0n) is 2.71. The van der Waals surface area contributed by atoms with Gasteiger partial charge in [-0.25, -0.2) is 0 Å². The van der Waals surface area contributed by atoms with Gasteiger partial charge in [-0.15, -0.1) is 10.1 Å². The van der Waals surface area contributed by atoms with Crippen LogP contribution in [0.2, 0.25) is 0 Å². The van der Waals surface area contributed by atoms with Gasteiger partial charge in [0.1, 0.15) is 0 Å². The number of nitrogens with zero attached hydrogens (tertiary/aromatic N) is 1. The zero-order chi connectivity index (χ0) is 3.58. The van der Waals surface area contributed by atoms with Crippen molar-refractivity contribution in [3.05, 3.63) is 10.1 Å². The molecule has 0 saturated heterocycles. The van der Waals surface area contributed by atoms with E-state index in [0.29, 0.717) is 0 Å². The number of hydrogen-bond donors (Lipinski definition) is 1. The van der Waals surface area contributed by atoms with Gasteiger partial charge >= 0.3 is 0 Å². The van der Waals surface area contributed by atoms with Crippen molar-refractivity contribution in [1.29, 1.82) is 0 Å². The van der Waals surface area contributed by atoms with E-state index in [1.165, 1.54) is 0 Å². The monoisotopic (exact) mass is 286 g/mol. The summed E-state index contributed by atoms with van der Waals surface area (Å²) in [6, 6.07) is 0. The van der Waals surface area contributed by atoms with Crippen LogP contribution in [0.5, 0.6) is 0 Å². The Morgan fingerprint density at radius 1 is 1.80 bits per heavy atom. The molecule has 0 saturated carbocycles. The van der Waals surface area contributed by atoms with E-state index in [0.717, 1.165) is 0 Å². The van der Waals surface area contributed by atoms with Crippen LogP contribution in [0, 0.1) is 60.0 Å². The summed E-state index contributed by atoms with van der Waals surface area (Å²) in [6.45, 7) is 0. The van der Waals surface area contributed by atoms with Crippen molar-refractivity contribution >= 4 is 0 Å². The topological polar surface area (TPSA) is 63.4 Å². The van der Waals surface area contributed by atoms with Crippen molar-refractivity contribution in [3.63, 3.8) is 0 Å². The summed E-state index contributed by atoms with van der Waals surface area (Å²) in [5, 5.41) is 13.6. The number of rotatable bonds is 0. The minimum Gasteiger partial charge on any atom is -0.328 e. The molecule has 0 unspecified atom stereocenters. The third kappa shape index (κ3) is 59.0. The Hall–Kier alpha value is 0.797. The first-order chi connectivity index (χ1) is 1.73. The van der Waals surface area contributed by atoms with Crippen LogP contribution in [0.3, 0.4) is 0 Å². The van der Waals surface area contributed by atoms with E-state index >= 15 is 0 Å². The van der Waals surface area contributed by atoms with Crippen molar-refractivity contribution in [2.75, 3.05) is 0 Å². The van der Waals surface area contributed by atoms with Gasteiger partial charge in [-0.05, 0) is 0 Å². The Balaban J connectivity index is 0. The molecule has 0 fully saturated rings. The van der Waals surface area contributed by atoms with Crippen LogP contribution in [0.4, 0.5) is 0 Å². The van der Waals surface area contributed by atoms with Crippen molar-refractivity contribution in [1.82, 2.24) is 0 Å². The van der Waals surface area contributed by atoms with Crippen LogP contribution in [0.1, 0.15) is 0 Å². The SMILES string of the molecule is O=[N+]([O-])O.[Fr]. The summed E-state index contributed by atoms with van der Waals surface area (Å²) in [5.41, 5.74) is 0. The molecule has 0 rings (SSSR count). The van der Waals surface area contributed by atoms with E-state index in [4.69, 9.17) is 15.3 Å². The van der Waals surface area contributed by atoms with E-state index in [1.807, 2.05) is 0 Å². The van der Waals surface area contributed by atoms with Gasteiger partial charge in [0, 0.05) is 49.9 Å². The molecule has 5 heteroatoms. The van der Waals surface area contributed by atoms with E-state index in [-0.39, 0.29) is 49.9 Å². The fraction of sp³-hybridized carbons (Fsp3) is 0. The molecular weight excluding hydrogens is 285 g/mol. The Bertz CT molecular complexity index is 29.9. The second kappa shape index (κ2) is 4.80. The summed E-state index contributed by atoms with van der Waals surface area (Å²) < 4.78 is 0. The molecular formula is HFrNO3. The maximum absolute atomic E-state index is 8.36. The predicted octanol–water partition coefficient (Wildman–Crippen LogP) is -0.348. The van der Waals surface area contributed by atoms with Crippen LogP contribution in [0.25, 0.3) is 0 Å². The van der Waals surface area contributed by atoms with Crippen LogP contribution in [0.15, 0.2) is 0 Å². The first-order valence-electron chi connectivity index (χ1n) is 0.565. The normalized spacial score (nSPS) is 4.80. The van der Waals surface area contributed by atoms with Gasteiger partial charge in [-0.2, -0.15) is 0 Å². The van der Waals surface area contributed by atoms with Crippen LogP contribution in [-0.4, -0.2) is 10.3 Å². The minimum absolute atomic E-state index is 0. The second-order valence-corrected chi connectivity index (χ2v) is 0.238. The molecule has 0 aromatic rings. The van der Waals surface area contributed by atoms with Gasteiger partial charge in [0.2, 0.25) is 0 Å². The van der Waals surface area contributed by atoms with E-state index in [9.17, 15) is 0 Å². The Morgan fingerprint density at radius 2 is 1.80 bits per heavy atom. The quantitative estimate of drug-likeness (QED) is 0.489. The third-order valence-corrected chi connectivity index (χ3v) is 0. The maximum atomic E-state index is 8.36. The smallest absolute Gasteiger partial charge is 0.291 e. The predicted molar refractivity (Wildman–Crippen MR) is 8.78 cm³/mol. The molecule has 5 heavy (non-hydrogen) atoms. The van der Waals surface area contributed by atoms with E-state index < -0.39 is 5.09 Å². The molecule has 0 aromatic carbocycles. The summed E-state index contributed by atoms with van der Waals surface area (Å²) in [5.74, 6) is 0. The molecule has 4 nitrogen and oxygen atoms in total. The van der Waals surface area contributed by atoms with Crippen molar-refractivity contribution in [3.8, 4) is 0 Å². The molecule has 0 aliphatic carbocycles. The first-order valence-corrected chi connectivity index (χ1v) is 0.565. The van der Waals surface area contributed by atoms with Gasteiger partial charge in [-0.1, -0.05) is 0 Å². The van der Waals surface area contributed by atoms with Crippen LogP contribution >= 0.6 is 0 Å². The van der Waals surface area contributed by atoms with Crippen molar-refractivity contribution in [2.24, 2.45) is 0 Å². The molecule has 0 atom stereocenters. The summed E-state index contributed by atoms with van der Waals surface area (Å²) in [4.78, 5) is 8.36. The second-order valence-electron chi connectivity index (χ2n) is 0.238. The maximum Gasteiger partial charge on any atom is 0.291 e. The molecule has 25 valence electrons. The molecule has 0 heterocycles. The van der Waals surface area contributed by atoms with Gasteiger partial charge in [0.25, 0.3) is 5.09 Å². The fourth-order valence-electron chi connectivity index (χ4n) is 0. The molecule has 0 aliphatic rings. The van der Waals surface area contributed by atoms with Gasteiger partial charge < -0.3 is 5.21 Å². The van der Waals surface area contributed by atoms with Gasteiger partial charge in [0.05, 0.1) is 0 Å². The molecule has 1 N–H and O–H groups in total. The Morgan fingerprint density at radius 3 is 1.80 bits per heavy atom. The minimum atomic E-state index is -1.50. The standard InChI is InChI=1S/Fr.HNO3/c;2-1(3)4/h;(H,2,3,4). The molecule has 0 spiro atoms. The Kier molecular flexibility index (Phi) is 8.88. The molecule has 0 aliphatic heterocycles. The summed E-state index contributed by atoms with van der Waals surface area (Å²) in [7, 11) is 0. The van der Waals surface area contributed by atoms with E-state index in [1.54, 1.807) is 0 Å². The van der Waals surface area contributed by atoms with Crippen LogP contribution < -0.4 is 0 Å². The first kappa shape index (κ1) is 9.25. The average Bonchev–Trinajstić information content (AvgIpc) is 0.811. The van der Waals surface area contributed by atoms with Gasteiger partial charge in [-0.3, -0.25) is 0 Å². The molecule has 1 radical (unpaired) electrons. The summed E-state index contributed by atoms with van der Waals surface area (Å²) in [6.07, 6.45) is 0. The van der Waals surface area contributed by atoms with Crippen molar-refractivity contribution < 1.29 is 60.2 Å². The third-order valence-electron chi connectivity index (χ3n) is 0. The number of hydrogen-bond acceptors (Lipinski definition) is 2. The largest absolute Gasteiger partial charge is 0.328 e. The molecule has 0 amide bonds.